The molecule has 1 aliphatic heterocycles. The minimum atomic E-state index is 0.0347. The van der Waals surface area contributed by atoms with E-state index in [9.17, 15) is 0 Å². The molecule has 1 atom stereocenters. The summed E-state index contributed by atoms with van der Waals surface area (Å²) >= 11 is 0. The van der Waals surface area contributed by atoms with Gasteiger partial charge in [0, 0.05) is 0 Å². The van der Waals surface area contributed by atoms with Crippen LogP contribution in [0.5, 0.6) is 0 Å². The SMILES string of the molecule is C=CCC1[C]=NN=N1. The Labute approximate surface area is 47.8 Å². The minimum Gasteiger partial charge on any atom is -0.159 e. The number of nitrogens with zero attached hydrogens (tertiary/aromatic N) is 3. The third-order valence-corrected chi connectivity index (χ3v) is 0.832. The molecule has 0 N–H and O–H groups in total. The van der Waals surface area contributed by atoms with E-state index in [1.807, 2.05) is 0 Å². The molecule has 1 aliphatic rings. The smallest absolute Gasteiger partial charge is 0.122 e. The van der Waals surface area contributed by atoms with E-state index in [1.54, 1.807) is 6.08 Å². The fourth-order valence-electron chi connectivity index (χ4n) is 0.464. The first-order valence-electron chi connectivity index (χ1n) is 2.40. The van der Waals surface area contributed by atoms with Gasteiger partial charge in [0.05, 0.1) is 0 Å². The molecule has 0 amide bonds. The molecule has 8 heavy (non-hydrogen) atoms. The van der Waals surface area contributed by atoms with Gasteiger partial charge >= 0.3 is 0 Å². The van der Waals surface area contributed by atoms with E-state index in [0.717, 1.165) is 6.42 Å². The summed E-state index contributed by atoms with van der Waals surface area (Å²) in [6.45, 7) is 3.54. The highest BCUT2D eigenvalue weighted by molar-refractivity contribution is 5.65. The van der Waals surface area contributed by atoms with Gasteiger partial charge in [-0.15, -0.1) is 11.7 Å². The van der Waals surface area contributed by atoms with Gasteiger partial charge in [0.1, 0.15) is 12.3 Å². The van der Waals surface area contributed by atoms with Crippen molar-refractivity contribution in [1.82, 2.24) is 0 Å². The number of rotatable bonds is 2. The van der Waals surface area contributed by atoms with E-state index in [2.05, 4.69) is 28.2 Å². The molecule has 41 valence electrons. The van der Waals surface area contributed by atoms with Crippen molar-refractivity contribution in [3.05, 3.63) is 12.7 Å². The second-order valence-corrected chi connectivity index (χ2v) is 1.47. The Morgan fingerprint density at radius 3 is 3.12 bits per heavy atom. The normalized spacial score (nSPS) is 24.2. The molecule has 3 heteroatoms. The zero-order valence-corrected chi connectivity index (χ0v) is 4.41. The minimum absolute atomic E-state index is 0.0347. The Kier molecular flexibility index (Phi) is 1.51. The van der Waals surface area contributed by atoms with Crippen molar-refractivity contribution in [3.63, 3.8) is 0 Å². The molecular formula is C5H6N3. The third kappa shape index (κ3) is 0.992. The molecule has 0 saturated carbocycles. The fraction of sp³-hybridized carbons (Fsp3) is 0.400. The Balaban J connectivity index is 2.37. The topological polar surface area (TPSA) is 37.1 Å². The van der Waals surface area contributed by atoms with Crippen molar-refractivity contribution in [2.75, 3.05) is 0 Å². The van der Waals surface area contributed by atoms with Gasteiger partial charge in [-0.25, -0.2) is 0 Å². The van der Waals surface area contributed by atoms with Gasteiger partial charge < -0.3 is 0 Å². The molecule has 3 nitrogen and oxygen atoms in total. The molecule has 1 rings (SSSR count). The van der Waals surface area contributed by atoms with Crippen LogP contribution in [0.3, 0.4) is 0 Å². The molecule has 0 bridgehead atoms. The van der Waals surface area contributed by atoms with Crippen molar-refractivity contribution >= 4 is 6.21 Å². The molecule has 0 saturated heterocycles. The lowest BCUT2D eigenvalue weighted by atomic mass is 10.2. The summed E-state index contributed by atoms with van der Waals surface area (Å²) in [5.41, 5.74) is 0. The predicted molar refractivity (Wildman–Crippen MR) is 30.9 cm³/mol. The lowest BCUT2D eigenvalue weighted by Crippen LogP contribution is -1.98. The van der Waals surface area contributed by atoms with Gasteiger partial charge in [-0.3, -0.25) is 0 Å². The standard InChI is InChI=1S/C5H6N3/c1-2-3-5-4-6-8-7-5/h2,5H,1,3H2. The van der Waals surface area contributed by atoms with Crippen LogP contribution >= 0.6 is 0 Å². The van der Waals surface area contributed by atoms with Crippen molar-refractivity contribution in [1.29, 1.82) is 0 Å². The number of hydrogen-bond acceptors (Lipinski definition) is 3. The highest BCUT2D eigenvalue weighted by Gasteiger charge is 2.04. The lowest BCUT2D eigenvalue weighted by Gasteiger charge is -1.89. The largest absolute Gasteiger partial charge is 0.159 e. The van der Waals surface area contributed by atoms with Crippen molar-refractivity contribution < 1.29 is 0 Å². The van der Waals surface area contributed by atoms with Crippen molar-refractivity contribution in [3.8, 4) is 0 Å². The van der Waals surface area contributed by atoms with Gasteiger partial charge in [-0.2, -0.15) is 5.11 Å². The molecule has 0 aromatic heterocycles. The average Bonchev–Trinajstić information content (AvgIpc) is 2.19. The maximum atomic E-state index is 3.70. The van der Waals surface area contributed by atoms with Gasteiger partial charge in [-0.05, 0) is 11.6 Å². The molecule has 0 aromatic carbocycles. The maximum Gasteiger partial charge on any atom is 0.122 e. The van der Waals surface area contributed by atoms with Gasteiger partial charge in [-0.1, -0.05) is 6.08 Å². The van der Waals surface area contributed by atoms with Crippen LogP contribution in [0.4, 0.5) is 0 Å². The highest BCUT2D eigenvalue weighted by atomic mass is 15.4. The Hall–Kier alpha value is -0.990. The summed E-state index contributed by atoms with van der Waals surface area (Å²) in [4.78, 5) is 0. The Morgan fingerprint density at radius 2 is 2.62 bits per heavy atom. The van der Waals surface area contributed by atoms with E-state index < -0.39 is 0 Å². The van der Waals surface area contributed by atoms with Crippen LogP contribution < -0.4 is 0 Å². The van der Waals surface area contributed by atoms with E-state index >= 15 is 0 Å². The van der Waals surface area contributed by atoms with Crippen LogP contribution in [0.2, 0.25) is 0 Å². The van der Waals surface area contributed by atoms with Gasteiger partial charge in [0.15, 0.2) is 0 Å². The molecule has 0 aliphatic carbocycles. The van der Waals surface area contributed by atoms with Crippen molar-refractivity contribution in [2.45, 2.75) is 12.5 Å². The fourth-order valence-corrected chi connectivity index (χ4v) is 0.464. The predicted octanol–water partition coefficient (Wildman–Crippen LogP) is 1.26. The quantitative estimate of drug-likeness (QED) is 0.477. The summed E-state index contributed by atoms with van der Waals surface area (Å²) < 4.78 is 0. The molecule has 1 unspecified atom stereocenters. The molecule has 0 spiro atoms. The maximum absolute atomic E-state index is 3.70. The van der Waals surface area contributed by atoms with Crippen LogP contribution in [0.15, 0.2) is 28.1 Å². The van der Waals surface area contributed by atoms with E-state index in [1.165, 1.54) is 0 Å². The molecule has 1 radical (unpaired) electrons. The van der Waals surface area contributed by atoms with Crippen LogP contribution in [-0.2, 0) is 0 Å². The molecule has 0 aromatic rings. The summed E-state index contributed by atoms with van der Waals surface area (Å²) in [6, 6.07) is 0.0347. The monoisotopic (exact) mass is 108 g/mol. The van der Waals surface area contributed by atoms with Gasteiger partial charge in [0.2, 0.25) is 0 Å². The van der Waals surface area contributed by atoms with Crippen LogP contribution in [-0.4, -0.2) is 12.3 Å². The summed E-state index contributed by atoms with van der Waals surface area (Å²) in [7, 11) is 0. The first-order valence-corrected chi connectivity index (χ1v) is 2.40. The molecule has 0 fully saturated rings. The Morgan fingerprint density at radius 1 is 1.75 bits per heavy atom. The average molecular weight is 108 g/mol. The summed E-state index contributed by atoms with van der Waals surface area (Å²) in [6.07, 6.45) is 5.24. The molecular weight excluding hydrogens is 102 g/mol. The third-order valence-electron chi connectivity index (χ3n) is 0.832. The summed E-state index contributed by atoms with van der Waals surface area (Å²) in [5, 5.41) is 10.5. The summed E-state index contributed by atoms with van der Waals surface area (Å²) in [5.74, 6) is 0. The zero-order valence-electron chi connectivity index (χ0n) is 4.41. The van der Waals surface area contributed by atoms with Crippen LogP contribution in [0.25, 0.3) is 0 Å². The second-order valence-electron chi connectivity index (χ2n) is 1.47. The second kappa shape index (κ2) is 2.35. The first kappa shape index (κ1) is 5.15. The van der Waals surface area contributed by atoms with E-state index in [0.29, 0.717) is 0 Å². The number of hydrogen-bond donors (Lipinski definition) is 0. The Bertz CT molecular complexity index is 125. The van der Waals surface area contributed by atoms with Gasteiger partial charge in [0.25, 0.3) is 0 Å². The highest BCUT2D eigenvalue weighted by Crippen LogP contribution is 2.01. The van der Waals surface area contributed by atoms with Crippen molar-refractivity contribution in [2.24, 2.45) is 15.4 Å². The van der Waals surface area contributed by atoms with Crippen LogP contribution in [0.1, 0.15) is 6.42 Å². The zero-order chi connectivity index (χ0) is 5.82. The lowest BCUT2D eigenvalue weighted by molar-refractivity contribution is 0.849. The van der Waals surface area contributed by atoms with E-state index in [-0.39, 0.29) is 6.04 Å². The van der Waals surface area contributed by atoms with Crippen LogP contribution in [0, 0.1) is 0 Å². The molecule has 1 heterocycles. The van der Waals surface area contributed by atoms with E-state index in [4.69, 9.17) is 0 Å². The first-order chi connectivity index (χ1) is 3.93.